The first kappa shape index (κ1) is 24.6. The first-order chi connectivity index (χ1) is 17.6. The minimum Gasteiger partial charge on any atom is -0.389 e. The number of amides is 1. The highest BCUT2D eigenvalue weighted by atomic mass is 19.1. The van der Waals surface area contributed by atoms with Crippen molar-refractivity contribution < 1.29 is 18.7 Å². The number of fused-ring (bicyclic) bond motifs is 1. The Bertz CT molecular complexity index is 1490. The molecule has 10 heteroatoms. The number of aromatic nitrogens is 3. The Morgan fingerprint density at radius 3 is 2.59 bits per heavy atom. The lowest BCUT2D eigenvalue weighted by atomic mass is 10.0. The molecule has 0 radical (unpaired) electrons. The summed E-state index contributed by atoms with van der Waals surface area (Å²) < 4.78 is 29.3. The molecule has 1 fully saturated rings. The maximum Gasteiger partial charge on any atom is 0.251 e. The van der Waals surface area contributed by atoms with Gasteiger partial charge in [-0.1, -0.05) is 6.07 Å². The molecule has 0 unspecified atom stereocenters. The summed E-state index contributed by atoms with van der Waals surface area (Å²) in [6, 6.07) is 10.7. The standard InChI is InChI=1S/C27H28F2N6O2/c1-15-10-16(4-8-19(15)26(36)32-18-6-7-18)23-13-30-25-22(31-14-27(2,3)37)12-24(34-35(23)25)33-21-9-5-17(28)11-20(21)29/h4-5,8-13,18,31,37H,6-7,14H2,1-3H3,(H,32,36)(H,33,34). The van der Waals surface area contributed by atoms with Gasteiger partial charge in [-0.05, 0) is 63.4 Å². The molecule has 0 atom stereocenters. The first-order valence-corrected chi connectivity index (χ1v) is 12.1. The fraction of sp³-hybridized carbons (Fsp3) is 0.296. The Kier molecular flexibility index (Phi) is 6.28. The fourth-order valence-electron chi connectivity index (χ4n) is 3.97. The van der Waals surface area contributed by atoms with Crippen molar-refractivity contribution in [2.24, 2.45) is 0 Å². The molecule has 0 aliphatic heterocycles. The summed E-state index contributed by atoms with van der Waals surface area (Å²) in [6.07, 6.45) is 3.69. The van der Waals surface area contributed by atoms with Crippen LogP contribution in [0.15, 0.2) is 48.7 Å². The fourth-order valence-corrected chi connectivity index (χ4v) is 3.97. The molecule has 8 nitrogen and oxygen atoms in total. The van der Waals surface area contributed by atoms with Gasteiger partial charge < -0.3 is 21.1 Å². The maximum absolute atomic E-state index is 14.3. The van der Waals surface area contributed by atoms with Crippen molar-refractivity contribution in [2.45, 2.75) is 45.3 Å². The number of aryl methyl sites for hydroxylation is 1. The van der Waals surface area contributed by atoms with Crippen molar-refractivity contribution in [1.29, 1.82) is 0 Å². The highest BCUT2D eigenvalue weighted by Gasteiger charge is 2.25. The Hall–Kier alpha value is -4.05. The van der Waals surface area contributed by atoms with Crippen LogP contribution in [-0.4, -0.2) is 43.8 Å². The second-order valence-corrected chi connectivity index (χ2v) is 10.0. The summed E-state index contributed by atoms with van der Waals surface area (Å²) in [6.45, 7) is 5.45. The number of carbonyl (C=O) groups is 1. The van der Waals surface area contributed by atoms with E-state index in [-0.39, 0.29) is 30.0 Å². The van der Waals surface area contributed by atoms with E-state index in [0.717, 1.165) is 36.1 Å². The lowest BCUT2D eigenvalue weighted by Gasteiger charge is -2.19. The number of halogens is 2. The van der Waals surface area contributed by atoms with Crippen LogP contribution < -0.4 is 16.0 Å². The van der Waals surface area contributed by atoms with E-state index in [1.807, 2.05) is 19.1 Å². The number of benzene rings is 2. The van der Waals surface area contributed by atoms with Gasteiger partial charge in [0.15, 0.2) is 11.5 Å². The smallest absolute Gasteiger partial charge is 0.251 e. The van der Waals surface area contributed by atoms with Crippen LogP contribution in [0.2, 0.25) is 0 Å². The van der Waals surface area contributed by atoms with Gasteiger partial charge in [0.1, 0.15) is 11.6 Å². The predicted octanol–water partition coefficient (Wildman–Crippen LogP) is 4.80. The molecule has 0 saturated heterocycles. The van der Waals surface area contributed by atoms with E-state index in [2.05, 4.69) is 26.0 Å². The van der Waals surface area contributed by atoms with Gasteiger partial charge in [-0.2, -0.15) is 0 Å². The van der Waals surface area contributed by atoms with Crippen LogP contribution in [0.5, 0.6) is 0 Å². The first-order valence-electron chi connectivity index (χ1n) is 12.1. The summed E-state index contributed by atoms with van der Waals surface area (Å²) in [5.41, 5.74) is 2.99. The van der Waals surface area contributed by atoms with Crippen LogP contribution in [0.1, 0.15) is 42.6 Å². The average Bonchev–Trinajstić information content (AvgIpc) is 3.54. The second-order valence-electron chi connectivity index (χ2n) is 10.0. The van der Waals surface area contributed by atoms with Gasteiger partial charge in [0.05, 0.1) is 28.9 Å². The molecule has 1 aliphatic carbocycles. The number of imidazole rings is 1. The third kappa shape index (κ3) is 5.54. The SMILES string of the molecule is Cc1cc(-c2cnc3c(NCC(C)(C)O)cc(Nc4ccc(F)cc4F)nn23)ccc1C(=O)NC1CC1. The van der Waals surface area contributed by atoms with Crippen LogP contribution in [0, 0.1) is 18.6 Å². The molecule has 2 aromatic carbocycles. The Morgan fingerprint density at radius 2 is 1.92 bits per heavy atom. The molecule has 5 rings (SSSR count). The van der Waals surface area contributed by atoms with Crippen LogP contribution in [0.25, 0.3) is 16.9 Å². The van der Waals surface area contributed by atoms with E-state index in [0.29, 0.717) is 22.6 Å². The molecule has 0 bridgehead atoms. The van der Waals surface area contributed by atoms with Gasteiger partial charge in [0.2, 0.25) is 0 Å². The summed E-state index contributed by atoms with van der Waals surface area (Å²) in [4.78, 5) is 17.1. The number of anilines is 3. The molecule has 0 spiro atoms. The zero-order valence-electron chi connectivity index (χ0n) is 20.8. The lowest BCUT2D eigenvalue weighted by Crippen LogP contribution is -2.29. The Labute approximate surface area is 212 Å². The zero-order chi connectivity index (χ0) is 26.3. The van der Waals surface area contributed by atoms with E-state index in [9.17, 15) is 18.7 Å². The summed E-state index contributed by atoms with van der Waals surface area (Å²) in [5.74, 6) is -1.24. The number of nitrogens with one attached hydrogen (secondary N) is 3. The number of rotatable bonds is 8. The molecule has 4 aromatic rings. The Balaban J connectivity index is 1.54. The summed E-state index contributed by atoms with van der Waals surface area (Å²) in [7, 11) is 0. The van der Waals surface area contributed by atoms with Gasteiger partial charge in [-0.25, -0.2) is 18.3 Å². The van der Waals surface area contributed by atoms with Crippen molar-refractivity contribution in [3.63, 3.8) is 0 Å². The summed E-state index contributed by atoms with van der Waals surface area (Å²) >= 11 is 0. The largest absolute Gasteiger partial charge is 0.389 e. The number of hydrogen-bond acceptors (Lipinski definition) is 6. The van der Waals surface area contributed by atoms with Crippen molar-refractivity contribution in [1.82, 2.24) is 19.9 Å². The van der Waals surface area contributed by atoms with Gasteiger partial charge >= 0.3 is 0 Å². The maximum atomic E-state index is 14.3. The molecule has 192 valence electrons. The van der Waals surface area contributed by atoms with E-state index < -0.39 is 17.2 Å². The number of carbonyl (C=O) groups excluding carboxylic acids is 1. The average molecular weight is 507 g/mol. The predicted molar refractivity (Wildman–Crippen MR) is 138 cm³/mol. The van der Waals surface area contributed by atoms with Crippen molar-refractivity contribution in [2.75, 3.05) is 17.2 Å². The van der Waals surface area contributed by atoms with Gasteiger partial charge in [-0.3, -0.25) is 4.79 Å². The number of aliphatic hydroxyl groups is 1. The molecule has 1 aliphatic rings. The van der Waals surface area contributed by atoms with Gasteiger partial charge in [0, 0.05) is 35.8 Å². The van der Waals surface area contributed by atoms with E-state index in [1.54, 1.807) is 36.7 Å². The molecule has 1 amide bonds. The molecule has 2 heterocycles. The minimum atomic E-state index is -1.000. The Morgan fingerprint density at radius 1 is 1.14 bits per heavy atom. The van der Waals surface area contributed by atoms with Crippen molar-refractivity contribution in [3.05, 3.63) is 71.4 Å². The van der Waals surface area contributed by atoms with E-state index >= 15 is 0 Å². The quantitative estimate of drug-likeness (QED) is 0.274. The number of nitrogens with zero attached hydrogens (tertiary/aromatic N) is 3. The zero-order valence-corrected chi connectivity index (χ0v) is 20.8. The molecule has 1 saturated carbocycles. The molecule has 37 heavy (non-hydrogen) atoms. The molecule has 2 aromatic heterocycles. The van der Waals surface area contributed by atoms with Gasteiger partial charge in [0.25, 0.3) is 5.91 Å². The summed E-state index contributed by atoms with van der Waals surface area (Å²) in [5, 5.41) is 23.9. The second kappa shape index (κ2) is 9.44. The molecular formula is C27H28F2N6O2. The third-order valence-corrected chi connectivity index (χ3v) is 6.05. The van der Waals surface area contributed by atoms with Crippen LogP contribution in [0.3, 0.4) is 0 Å². The minimum absolute atomic E-state index is 0.0604. The van der Waals surface area contributed by atoms with Crippen molar-refractivity contribution in [3.8, 4) is 11.3 Å². The highest BCUT2D eigenvalue weighted by molar-refractivity contribution is 5.96. The highest BCUT2D eigenvalue weighted by Crippen LogP contribution is 2.29. The van der Waals surface area contributed by atoms with E-state index in [1.165, 1.54) is 6.07 Å². The molecule has 4 N–H and O–H groups in total. The number of hydrogen-bond donors (Lipinski definition) is 4. The van der Waals surface area contributed by atoms with Gasteiger partial charge in [-0.15, -0.1) is 5.10 Å². The lowest BCUT2D eigenvalue weighted by molar-refractivity contribution is 0.0940. The normalized spacial score (nSPS) is 13.6. The van der Waals surface area contributed by atoms with Crippen molar-refractivity contribution >= 4 is 28.7 Å². The molecular weight excluding hydrogens is 478 g/mol. The third-order valence-electron chi connectivity index (χ3n) is 6.05. The van der Waals surface area contributed by atoms with Crippen LogP contribution in [0.4, 0.5) is 26.0 Å². The topological polar surface area (TPSA) is 104 Å². The monoisotopic (exact) mass is 506 g/mol. The van der Waals surface area contributed by atoms with Crippen LogP contribution in [-0.2, 0) is 0 Å². The van der Waals surface area contributed by atoms with Crippen LogP contribution >= 0.6 is 0 Å². The van der Waals surface area contributed by atoms with E-state index in [4.69, 9.17) is 0 Å².